The van der Waals surface area contributed by atoms with Crippen molar-refractivity contribution in [2.75, 3.05) is 0 Å². The van der Waals surface area contributed by atoms with Gasteiger partial charge >= 0.3 is 7.12 Å². The maximum Gasteiger partial charge on any atom is 0.326 e. The van der Waals surface area contributed by atoms with Crippen LogP contribution in [0.1, 0.15) is 96.5 Å². The van der Waals surface area contributed by atoms with Gasteiger partial charge in [0.15, 0.2) is 0 Å². The van der Waals surface area contributed by atoms with Crippen molar-refractivity contribution < 1.29 is 0 Å². The normalized spacial score (nSPS) is 13.5. The molecule has 6 nitrogen and oxygen atoms in total. The first-order valence-electron chi connectivity index (χ1n) is 11.4. The third-order valence-corrected chi connectivity index (χ3v) is 6.05. The van der Waals surface area contributed by atoms with Gasteiger partial charge in [-0.05, 0) is 56.1 Å². The Labute approximate surface area is 188 Å². The Bertz CT molecular complexity index is 941. The summed E-state index contributed by atoms with van der Waals surface area (Å²) in [5.74, 6) is 0. The third kappa shape index (κ3) is 4.51. The zero-order valence-corrected chi connectivity index (χ0v) is 21.6. The van der Waals surface area contributed by atoms with Crippen LogP contribution in [0.3, 0.4) is 0 Å². The predicted octanol–water partition coefficient (Wildman–Crippen LogP) is 4.76. The Balaban J connectivity index is 2.28. The monoisotopic (exact) mass is 423 g/mol. The van der Waals surface area contributed by atoms with E-state index in [2.05, 4.69) is 115 Å². The van der Waals surface area contributed by atoms with Gasteiger partial charge in [0.05, 0.1) is 17.1 Å². The molecule has 0 fully saturated rings. The van der Waals surface area contributed by atoms with E-state index in [9.17, 15) is 0 Å². The largest absolute Gasteiger partial charge is 0.400 e. The predicted molar refractivity (Wildman–Crippen MR) is 130 cm³/mol. The molecule has 0 saturated carbocycles. The van der Waals surface area contributed by atoms with Crippen LogP contribution in [-0.2, 0) is 16.2 Å². The molecule has 3 aromatic rings. The van der Waals surface area contributed by atoms with Gasteiger partial charge in [0.2, 0.25) is 0 Å². The summed E-state index contributed by atoms with van der Waals surface area (Å²) in [6, 6.07) is 6.60. The van der Waals surface area contributed by atoms with E-state index in [1.165, 1.54) is 0 Å². The maximum absolute atomic E-state index is 5.09. The number of nitrogens with zero attached hydrogens (tertiary/aromatic N) is 6. The highest BCUT2D eigenvalue weighted by Gasteiger charge is 2.27. The van der Waals surface area contributed by atoms with Gasteiger partial charge in [-0.3, -0.25) is 0 Å². The van der Waals surface area contributed by atoms with E-state index in [-0.39, 0.29) is 16.2 Å². The fraction of sp³-hybridized carbons (Fsp3) is 0.625. The first-order chi connectivity index (χ1) is 14.0. The van der Waals surface area contributed by atoms with Crippen LogP contribution < -0.4 is 0 Å². The summed E-state index contributed by atoms with van der Waals surface area (Å²) in [5.41, 5.74) is 6.58. The molecule has 0 amide bonds. The molecule has 0 N–H and O–H groups in total. The van der Waals surface area contributed by atoms with Crippen molar-refractivity contribution in [3.63, 3.8) is 0 Å². The zero-order valence-electron chi connectivity index (χ0n) is 21.6. The van der Waals surface area contributed by atoms with Crippen molar-refractivity contribution in [1.29, 1.82) is 0 Å². The third-order valence-electron chi connectivity index (χ3n) is 6.05. The van der Waals surface area contributed by atoms with E-state index in [1.807, 2.05) is 0 Å². The Morgan fingerprint density at radius 2 is 0.742 bits per heavy atom. The Hall–Kier alpha value is -2.31. The minimum atomic E-state index is -1.42. The fourth-order valence-corrected chi connectivity index (χ4v) is 3.87. The van der Waals surface area contributed by atoms with Crippen LogP contribution in [0.5, 0.6) is 0 Å². The van der Waals surface area contributed by atoms with E-state index in [1.54, 1.807) is 0 Å². The van der Waals surface area contributed by atoms with Gasteiger partial charge in [-0.15, -0.1) is 0 Å². The van der Waals surface area contributed by atoms with Crippen LogP contribution in [0, 0.1) is 20.8 Å². The minimum absolute atomic E-state index is 0.0224. The molecule has 0 unspecified atom stereocenters. The van der Waals surface area contributed by atoms with Crippen LogP contribution in [0.2, 0.25) is 0 Å². The molecule has 7 heteroatoms. The minimum Gasteiger partial charge on any atom is -0.400 e. The van der Waals surface area contributed by atoms with Gasteiger partial charge in [-0.1, -0.05) is 62.3 Å². The van der Waals surface area contributed by atoms with Crippen LogP contribution >= 0.6 is 0 Å². The molecule has 0 aliphatic carbocycles. The number of aryl methyl sites for hydroxylation is 3. The van der Waals surface area contributed by atoms with Gasteiger partial charge < -0.3 is 13.8 Å². The topological polar surface area (TPSA) is 53.5 Å². The fourth-order valence-electron chi connectivity index (χ4n) is 3.87. The van der Waals surface area contributed by atoms with Crippen molar-refractivity contribution >= 4 is 7.12 Å². The van der Waals surface area contributed by atoms with E-state index < -0.39 is 7.12 Å². The van der Waals surface area contributed by atoms with Crippen molar-refractivity contribution in [1.82, 2.24) is 29.1 Å². The van der Waals surface area contributed by atoms with Gasteiger partial charge in [0, 0.05) is 16.2 Å². The molecule has 0 bridgehead atoms. The Morgan fingerprint density at radius 1 is 0.516 bits per heavy atom. The van der Waals surface area contributed by atoms with E-state index in [0.29, 0.717) is 0 Å². The van der Waals surface area contributed by atoms with Gasteiger partial charge in [0.25, 0.3) is 0 Å². The number of hydrogen-bond donors (Lipinski definition) is 0. The zero-order chi connectivity index (χ0) is 23.5. The second-order valence-electron chi connectivity index (χ2n) is 12.2. The summed E-state index contributed by atoms with van der Waals surface area (Å²) in [5, 5.41) is 15.3. The molecule has 3 aromatic heterocycles. The maximum atomic E-state index is 5.09. The molecule has 0 aliphatic rings. The first kappa shape index (κ1) is 23.4. The highest BCUT2D eigenvalue weighted by atomic mass is 15.5. The Kier molecular flexibility index (Phi) is 5.57. The molecule has 0 spiro atoms. The molecule has 0 aliphatic heterocycles. The number of hydrogen-bond acceptors (Lipinski definition) is 3. The molecule has 3 heterocycles. The quantitative estimate of drug-likeness (QED) is 0.571. The van der Waals surface area contributed by atoms with Crippen LogP contribution in [-0.4, -0.2) is 36.2 Å². The molecule has 0 saturated heterocycles. The molecule has 0 aromatic carbocycles. The van der Waals surface area contributed by atoms with Crippen molar-refractivity contribution in [3.8, 4) is 0 Å². The molecule has 3 rings (SSSR count). The molecule has 170 valence electrons. The lowest BCUT2D eigenvalue weighted by molar-refractivity contribution is 0.550. The summed E-state index contributed by atoms with van der Waals surface area (Å²) in [6.45, 7) is 26.3. The summed E-state index contributed by atoms with van der Waals surface area (Å²) in [7, 11) is -1.42. The molecular weight excluding hydrogens is 383 g/mol. The molecule has 0 atom stereocenters. The highest BCUT2D eigenvalue weighted by molar-refractivity contribution is 6.53. The summed E-state index contributed by atoms with van der Waals surface area (Å²) < 4.78 is 6.46. The highest BCUT2D eigenvalue weighted by Crippen LogP contribution is 2.26. The average molecular weight is 423 g/mol. The van der Waals surface area contributed by atoms with Gasteiger partial charge in [-0.25, -0.2) is 15.3 Å². The van der Waals surface area contributed by atoms with Crippen LogP contribution in [0.25, 0.3) is 0 Å². The van der Waals surface area contributed by atoms with Crippen LogP contribution in [0.4, 0.5) is 0 Å². The van der Waals surface area contributed by atoms with E-state index in [4.69, 9.17) is 15.3 Å². The standard InChI is InChI=1S/C24H40BN6/c1-16-13-19(22(4,5)6)26-29(16)25(30-17(2)14-20(27-30)23(7,8)9)31-18(3)15-21(28-31)24(10,11)12/h13-15,25H,1-12H3/q-1. The van der Waals surface area contributed by atoms with Crippen molar-refractivity contribution in [2.45, 2.75) is 99.3 Å². The summed E-state index contributed by atoms with van der Waals surface area (Å²) in [6.07, 6.45) is 0. The average Bonchev–Trinajstić information content (AvgIpc) is 3.26. The smallest absolute Gasteiger partial charge is 0.326 e. The van der Waals surface area contributed by atoms with Crippen molar-refractivity contribution in [2.24, 2.45) is 0 Å². The summed E-state index contributed by atoms with van der Waals surface area (Å²) >= 11 is 0. The van der Waals surface area contributed by atoms with E-state index in [0.717, 1.165) is 34.2 Å². The number of rotatable bonds is 3. The Morgan fingerprint density at radius 3 is 0.903 bits per heavy atom. The lowest BCUT2D eigenvalue weighted by Crippen LogP contribution is -2.46. The van der Waals surface area contributed by atoms with Gasteiger partial charge in [-0.2, -0.15) is 0 Å². The second-order valence-corrected chi connectivity index (χ2v) is 12.2. The summed E-state index contributed by atoms with van der Waals surface area (Å²) in [4.78, 5) is 0. The lowest BCUT2D eigenvalue weighted by atomic mass is 9.92. The van der Waals surface area contributed by atoms with E-state index >= 15 is 0 Å². The first-order valence-corrected chi connectivity index (χ1v) is 11.4. The SMILES string of the molecule is Cc1cc(C(C)(C)C)nn1[BH-](n1nc(C(C)(C)C)cc1C)n1nc(C(C)(C)C)cc1C. The van der Waals surface area contributed by atoms with Gasteiger partial charge in [0.1, 0.15) is 0 Å². The lowest BCUT2D eigenvalue weighted by Gasteiger charge is -2.31. The van der Waals surface area contributed by atoms with Crippen LogP contribution in [0.15, 0.2) is 18.2 Å². The molecular formula is C24H40BN6-. The second kappa shape index (κ2) is 7.39. The molecule has 31 heavy (non-hydrogen) atoms. The van der Waals surface area contributed by atoms with Crippen molar-refractivity contribution in [3.05, 3.63) is 52.4 Å². The molecule has 0 radical (unpaired) electrons. The number of aromatic nitrogens is 6.